The molecule has 4 aliphatic rings. The van der Waals surface area contributed by atoms with Gasteiger partial charge in [-0.2, -0.15) is 13.2 Å². The van der Waals surface area contributed by atoms with E-state index >= 15 is 0 Å². The minimum atomic E-state index is -4.63. The molecule has 2 aliphatic heterocycles. The van der Waals surface area contributed by atoms with E-state index in [-0.39, 0.29) is 35.8 Å². The standard InChI is InChI=1S/C28H40F4N6O2/c1-17(36-8-7-20(29)14-36)18-9-23(28(30,31)32)24-15-37(26(39)38(24)13-18)21-6-4-5-19(10-21)27(11-22(12-27)40-3)25-34-33-16-35(25)2/h9,13,15,17,19-22,25,33-34H,4-8,10-12,14,16H2,1-3H3/t17-,19?,20-,21?,22?,25?,27?/m1/s1. The molecule has 2 aliphatic carbocycles. The number of methoxy groups -OCH3 is 1. The molecule has 2 saturated heterocycles. The maximum absolute atomic E-state index is 14.3. The summed E-state index contributed by atoms with van der Waals surface area (Å²) in [5.74, 6) is 0.300. The first-order chi connectivity index (χ1) is 19.0. The van der Waals surface area contributed by atoms with Crippen LogP contribution in [0.2, 0.25) is 0 Å². The van der Waals surface area contributed by atoms with Crippen LogP contribution in [-0.4, -0.2) is 71.1 Å². The minimum Gasteiger partial charge on any atom is -0.381 e. The summed E-state index contributed by atoms with van der Waals surface area (Å²) in [6, 6.07) is 0.524. The van der Waals surface area contributed by atoms with Gasteiger partial charge >= 0.3 is 11.9 Å². The smallest absolute Gasteiger partial charge is 0.381 e. The van der Waals surface area contributed by atoms with Crippen LogP contribution in [0.1, 0.15) is 75.1 Å². The van der Waals surface area contributed by atoms with Crippen molar-refractivity contribution in [1.29, 1.82) is 0 Å². The second kappa shape index (κ2) is 10.4. The van der Waals surface area contributed by atoms with Gasteiger partial charge in [0, 0.05) is 50.1 Å². The molecule has 2 N–H and O–H groups in total. The first kappa shape index (κ1) is 28.1. The molecule has 0 bridgehead atoms. The number of imidazole rings is 1. The monoisotopic (exact) mass is 568 g/mol. The Morgan fingerprint density at radius 3 is 2.58 bits per heavy atom. The molecule has 8 nitrogen and oxygen atoms in total. The van der Waals surface area contributed by atoms with E-state index < -0.39 is 29.6 Å². The van der Waals surface area contributed by atoms with Crippen LogP contribution in [0, 0.1) is 11.3 Å². The quantitative estimate of drug-likeness (QED) is 0.513. The lowest BCUT2D eigenvalue weighted by atomic mass is 9.54. The Morgan fingerprint density at radius 1 is 1.18 bits per heavy atom. The number of rotatable bonds is 6. The highest BCUT2D eigenvalue weighted by Gasteiger charge is 2.57. The van der Waals surface area contributed by atoms with Crippen molar-refractivity contribution in [1.82, 2.24) is 29.6 Å². The maximum atomic E-state index is 14.3. The summed E-state index contributed by atoms with van der Waals surface area (Å²) in [5.41, 5.74) is 5.62. The number of nitrogens with one attached hydrogen (secondary N) is 2. The number of fused-ring (bicyclic) bond motifs is 1. The zero-order valence-corrected chi connectivity index (χ0v) is 23.4. The Bertz CT molecular complexity index is 1290. The molecular weight excluding hydrogens is 528 g/mol. The van der Waals surface area contributed by atoms with Crippen molar-refractivity contribution >= 4 is 5.52 Å². The number of halogens is 4. The summed E-state index contributed by atoms with van der Waals surface area (Å²) in [6.45, 7) is 3.18. The highest BCUT2D eigenvalue weighted by Crippen LogP contribution is 2.57. The van der Waals surface area contributed by atoms with E-state index in [4.69, 9.17) is 4.74 Å². The topological polar surface area (TPSA) is 66.2 Å². The van der Waals surface area contributed by atoms with Gasteiger partial charge < -0.3 is 4.74 Å². The fraction of sp³-hybridized carbons (Fsp3) is 0.750. The number of pyridine rings is 1. The summed E-state index contributed by atoms with van der Waals surface area (Å²) in [6.07, 6.45) is 3.24. The highest BCUT2D eigenvalue weighted by atomic mass is 19.4. The van der Waals surface area contributed by atoms with E-state index in [1.54, 1.807) is 18.6 Å². The predicted molar refractivity (Wildman–Crippen MR) is 142 cm³/mol. The van der Waals surface area contributed by atoms with Crippen molar-refractivity contribution in [2.45, 2.75) is 88.6 Å². The number of likely N-dealkylation sites (tertiary alicyclic amines) is 1. The van der Waals surface area contributed by atoms with Crippen LogP contribution in [0.15, 0.2) is 23.3 Å². The predicted octanol–water partition coefficient (Wildman–Crippen LogP) is 4.07. The Morgan fingerprint density at radius 2 is 1.95 bits per heavy atom. The molecule has 2 saturated carbocycles. The van der Waals surface area contributed by atoms with Crippen LogP contribution in [0.25, 0.3) is 5.52 Å². The Kier molecular flexibility index (Phi) is 7.30. The first-order valence-electron chi connectivity index (χ1n) is 14.5. The molecular formula is C28H40F4N6O2. The second-order valence-electron chi connectivity index (χ2n) is 12.5. The Labute approximate surface area is 231 Å². The molecule has 0 spiro atoms. The van der Waals surface area contributed by atoms with Crippen LogP contribution in [-0.2, 0) is 10.9 Å². The first-order valence-corrected chi connectivity index (χ1v) is 14.5. The zero-order valence-electron chi connectivity index (χ0n) is 23.4. The molecule has 222 valence electrons. The van der Waals surface area contributed by atoms with Crippen LogP contribution in [0.5, 0.6) is 0 Å². The van der Waals surface area contributed by atoms with Gasteiger partial charge in [0.05, 0.1) is 30.0 Å². The van der Waals surface area contributed by atoms with Gasteiger partial charge in [0.1, 0.15) is 6.17 Å². The molecule has 3 unspecified atom stereocenters. The molecule has 40 heavy (non-hydrogen) atoms. The molecule has 12 heteroatoms. The van der Waals surface area contributed by atoms with Crippen molar-refractivity contribution in [3.63, 3.8) is 0 Å². The lowest BCUT2D eigenvalue weighted by Gasteiger charge is -2.57. The average molecular weight is 569 g/mol. The van der Waals surface area contributed by atoms with E-state index in [1.807, 2.05) is 4.90 Å². The lowest BCUT2D eigenvalue weighted by molar-refractivity contribution is -0.140. The van der Waals surface area contributed by atoms with Gasteiger partial charge in [-0.25, -0.2) is 20.0 Å². The summed E-state index contributed by atoms with van der Waals surface area (Å²) < 4.78 is 65.1. The Hall–Kier alpha value is -1.99. The third-order valence-corrected chi connectivity index (χ3v) is 10.3. The molecule has 4 fully saturated rings. The molecule has 0 aromatic carbocycles. The molecule has 5 atom stereocenters. The number of hydrogen-bond acceptors (Lipinski definition) is 6. The van der Waals surface area contributed by atoms with Gasteiger partial charge in [0.25, 0.3) is 0 Å². The fourth-order valence-corrected chi connectivity index (χ4v) is 7.97. The average Bonchev–Trinajstić information content (AvgIpc) is 3.61. The van der Waals surface area contributed by atoms with Crippen molar-refractivity contribution in [3.8, 4) is 0 Å². The summed E-state index contributed by atoms with van der Waals surface area (Å²) in [7, 11) is 3.82. The van der Waals surface area contributed by atoms with Gasteiger partial charge in [-0.05, 0) is 70.0 Å². The van der Waals surface area contributed by atoms with Crippen LogP contribution >= 0.6 is 0 Å². The fourth-order valence-electron chi connectivity index (χ4n) is 7.97. The summed E-state index contributed by atoms with van der Waals surface area (Å²) in [5, 5.41) is 0. The van der Waals surface area contributed by atoms with Gasteiger partial charge in [-0.1, -0.05) is 6.42 Å². The van der Waals surface area contributed by atoms with Crippen LogP contribution in [0.3, 0.4) is 0 Å². The van der Waals surface area contributed by atoms with Crippen molar-refractivity contribution < 1.29 is 22.3 Å². The van der Waals surface area contributed by atoms with Crippen LogP contribution in [0.4, 0.5) is 17.6 Å². The Balaban J connectivity index is 1.34. The number of hydrogen-bond donors (Lipinski definition) is 2. The van der Waals surface area contributed by atoms with Gasteiger partial charge in [-0.3, -0.25) is 18.8 Å². The molecule has 2 aromatic rings. The second-order valence-corrected chi connectivity index (χ2v) is 12.5. The zero-order chi connectivity index (χ0) is 28.4. The number of nitrogens with zero attached hydrogens (tertiary/aromatic N) is 4. The lowest BCUT2D eigenvalue weighted by Crippen LogP contribution is -2.62. The molecule has 0 amide bonds. The van der Waals surface area contributed by atoms with Gasteiger partial charge in [-0.15, -0.1) is 0 Å². The number of aromatic nitrogens is 2. The van der Waals surface area contributed by atoms with E-state index in [0.29, 0.717) is 24.4 Å². The summed E-state index contributed by atoms with van der Waals surface area (Å²) >= 11 is 0. The van der Waals surface area contributed by atoms with E-state index in [2.05, 4.69) is 22.8 Å². The highest BCUT2D eigenvalue weighted by molar-refractivity contribution is 5.56. The molecule has 0 radical (unpaired) electrons. The van der Waals surface area contributed by atoms with Crippen molar-refractivity contribution in [2.24, 2.45) is 11.3 Å². The van der Waals surface area contributed by atoms with E-state index in [1.165, 1.54) is 12.4 Å². The van der Waals surface area contributed by atoms with E-state index in [0.717, 1.165) is 55.7 Å². The van der Waals surface area contributed by atoms with Crippen molar-refractivity contribution in [2.75, 3.05) is 33.9 Å². The SMILES string of the molecule is COC1CC(C2CCCC(n3cc4c(C(F)(F)F)cc([C@@H](C)N5CC[C@@H](F)C5)cn4c3=O)C2)(C2NNCN2C)C1. The van der Waals surface area contributed by atoms with Gasteiger partial charge in [0.15, 0.2) is 0 Å². The van der Waals surface area contributed by atoms with Gasteiger partial charge in [0.2, 0.25) is 0 Å². The number of ether oxygens (including phenoxy) is 1. The van der Waals surface area contributed by atoms with Crippen LogP contribution < -0.4 is 16.5 Å². The third-order valence-electron chi connectivity index (χ3n) is 10.3. The van der Waals surface area contributed by atoms with Crippen molar-refractivity contribution in [3.05, 3.63) is 40.1 Å². The summed E-state index contributed by atoms with van der Waals surface area (Å²) in [4.78, 5) is 17.8. The third kappa shape index (κ3) is 4.69. The maximum Gasteiger partial charge on any atom is 0.418 e. The molecule has 4 heterocycles. The largest absolute Gasteiger partial charge is 0.418 e. The number of alkyl halides is 4. The normalized spacial score (nSPS) is 34.9. The molecule has 2 aromatic heterocycles. The molecule has 6 rings (SSSR count). The van der Waals surface area contributed by atoms with E-state index in [9.17, 15) is 22.4 Å². The minimum absolute atomic E-state index is 0.0376. The number of hydrazine groups is 1.